The third-order valence-corrected chi connectivity index (χ3v) is 4.84. The van der Waals surface area contributed by atoms with Crippen molar-refractivity contribution in [2.75, 3.05) is 0 Å². The molecule has 1 atom stereocenters. The van der Waals surface area contributed by atoms with Crippen molar-refractivity contribution in [3.05, 3.63) is 35.6 Å². The molecule has 1 aliphatic carbocycles. The molecule has 2 N–H and O–H groups in total. The number of aliphatic hydroxyl groups is 1. The molecule has 134 valence electrons. The van der Waals surface area contributed by atoms with E-state index in [2.05, 4.69) is 57.8 Å². The van der Waals surface area contributed by atoms with Crippen LogP contribution in [-0.4, -0.2) is 25.2 Å². The summed E-state index contributed by atoms with van der Waals surface area (Å²) >= 11 is 0. The molecule has 25 heavy (non-hydrogen) atoms. The van der Waals surface area contributed by atoms with Crippen LogP contribution in [0.25, 0.3) is 16.7 Å². The molecule has 0 saturated carbocycles. The molecule has 5 heteroatoms. The highest BCUT2D eigenvalue weighted by molar-refractivity contribution is 5.76. The number of hydrogen-bond acceptors (Lipinski definition) is 4. The Hall–Kier alpha value is -2.30. The van der Waals surface area contributed by atoms with E-state index in [1.165, 1.54) is 4.80 Å². The van der Waals surface area contributed by atoms with Gasteiger partial charge < -0.3 is 10.2 Å². The summed E-state index contributed by atoms with van der Waals surface area (Å²) in [5, 5.41) is 29.6. The fraction of sp³-hybridized carbons (Fsp3) is 0.500. The molecule has 3 rings (SSSR count). The fourth-order valence-electron chi connectivity index (χ4n) is 3.16. The van der Waals surface area contributed by atoms with Crippen LogP contribution >= 0.6 is 0 Å². The van der Waals surface area contributed by atoms with Crippen LogP contribution in [0.3, 0.4) is 0 Å². The van der Waals surface area contributed by atoms with E-state index in [4.69, 9.17) is 0 Å². The topological polar surface area (TPSA) is 71.2 Å². The molecule has 1 aromatic heterocycles. The second-order valence-electron chi connectivity index (χ2n) is 8.96. The molecule has 0 fully saturated rings. The van der Waals surface area contributed by atoms with Gasteiger partial charge in [-0.15, -0.1) is 10.2 Å². The maximum atomic E-state index is 10.9. The number of benzene rings is 1. The second kappa shape index (κ2) is 5.61. The third-order valence-electron chi connectivity index (χ3n) is 4.84. The maximum Gasteiger partial charge on any atom is 0.142 e. The number of hydrogen-bond donors (Lipinski definition) is 2. The molecule has 2 aromatic rings. The first-order chi connectivity index (χ1) is 11.5. The number of aromatic nitrogens is 3. The van der Waals surface area contributed by atoms with Gasteiger partial charge in [-0.25, -0.2) is 0 Å². The monoisotopic (exact) mass is 341 g/mol. The first-order valence-corrected chi connectivity index (χ1v) is 8.68. The van der Waals surface area contributed by atoms with Gasteiger partial charge in [0.1, 0.15) is 28.2 Å². The van der Waals surface area contributed by atoms with Gasteiger partial charge in [0, 0.05) is 12.5 Å². The lowest BCUT2D eigenvalue weighted by atomic mass is 9.71. The minimum atomic E-state index is -0.176. The van der Waals surface area contributed by atoms with Crippen LogP contribution in [0, 0.1) is 16.7 Å². The molecular formula is C20H27N3O2. The predicted molar refractivity (Wildman–Crippen MR) is 100 cm³/mol. The summed E-state index contributed by atoms with van der Waals surface area (Å²) in [5.41, 5.74) is 2.83. The summed E-state index contributed by atoms with van der Waals surface area (Å²) in [5.74, 6) is 0.692. The Morgan fingerprint density at radius 1 is 1.00 bits per heavy atom. The van der Waals surface area contributed by atoms with Crippen LogP contribution in [0.1, 0.15) is 48.0 Å². The Labute approximate surface area is 148 Å². The van der Waals surface area contributed by atoms with Gasteiger partial charge in [0.2, 0.25) is 0 Å². The van der Waals surface area contributed by atoms with Crippen molar-refractivity contribution >= 4 is 16.7 Å². The van der Waals surface area contributed by atoms with E-state index >= 15 is 0 Å². The number of phenolic OH excluding ortho intramolecular Hbond substituents is 1. The van der Waals surface area contributed by atoms with Gasteiger partial charge in [0.25, 0.3) is 0 Å². The van der Waals surface area contributed by atoms with Gasteiger partial charge >= 0.3 is 0 Å². The molecule has 1 aromatic carbocycles. The van der Waals surface area contributed by atoms with E-state index in [0.717, 1.165) is 5.57 Å². The number of rotatable bonds is 1. The molecule has 0 saturated heterocycles. The van der Waals surface area contributed by atoms with Crippen molar-refractivity contribution in [2.45, 2.75) is 48.0 Å². The quantitative estimate of drug-likeness (QED) is 0.774. The molecule has 0 spiro atoms. The summed E-state index contributed by atoms with van der Waals surface area (Å²) in [6, 6.07) is 4.91. The summed E-state index contributed by atoms with van der Waals surface area (Å²) in [6.07, 6.45) is 2.87. The van der Waals surface area contributed by atoms with E-state index in [0.29, 0.717) is 23.2 Å². The number of phenols is 1. The summed E-state index contributed by atoms with van der Waals surface area (Å²) in [6.45, 7) is 12.9. The first-order valence-electron chi connectivity index (χ1n) is 8.68. The first kappa shape index (κ1) is 17.5. The highest BCUT2D eigenvalue weighted by Crippen LogP contribution is 2.44. The molecule has 5 nitrogen and oxygen atoms in total. The number of fused-ring (bicyclic) bond motifs is 1. The van der Waals surface area contributed by atoms with Crippen LogP contribution in [0.5, 0.6) is 5.75 Å². The minimum absolute atomic E-state index is 0.0628. The summed E-state index contributed by atoms with van der Waals surface area (Å²) in [7, 11) is 0. The fourth-order valence-corrected chi connectivity index (χ4v) is 3.16. The zero-order valence-electron chi connectivity index (χ0n) is 15.8. The predicted octanol–water partition coefficient (Wildman–Crippen LogP) is 4.90. The van der Waals surface area contributed by atoms with Gasteiger partial charge in [-0.3, -0.25) is 0 Å². The molecule has 0 bridgehead atoms. The molecule has 0 aliphatic heterocycles. The van der Waals surface area contributed by atoms with E-state index in [1.54, 1.807) is 18.2 Å². The molecule has 0 amide bonds. The van der Waals surface area contributed by atoms with Crippen LogP contribution in [-0.2, 0) is 0 Å². The van der Waals surface area contributed by atoms with Crippen LogP contribution in [0.2, 0.25) is 0 Å². The van der Waals surface area contributed by atoms with Gasteiger partial charge in [0.05, 0.1) is 0 Å². The number of aromatic hydroxyl groups is 1. The van der Waals surface area contributed by atoms with Crippen LogP contribution < -0.4 is 0 Å². The lowest BCUT2D eigenvalue weighted by Crippen LogP contribution is -2.27. The second-order valence-corrected chi connectivity index (χ2v) is 8.96. The van der Waals surface area contributed by atoms with E-state index in [9.17, 15) is 10.2 Å². The zero-order chi connectivity index (χ0) is 18.6. The van der Waals surface area contributed by atoms with Gasteiger partial charge in [-0.2, -0.15) is 4.80 Å². The Morgan fingerprint density at radius 2 is 1.64 bits per heavy atom. The Balaban J connectivity index is 2.15. The minimum Gasteiger partial charge on any atom is -0.508 e. The van der Waals surface area contributed by atoms with Gasteiger partial charge in [-0.05, 0) is 34.5 Å². The lowest BCUT2D eigenvalue weighted by Gasteiger charge is -2.36. The molecule has 0 radical (unpaired) electrons. The van der Waals surface area contributed by atoms with Crippen molar-refractivity contribution in [1.82, 2.24) is 15.0 Å². The smallest absolute Gasteiger partial charge is 0.142 e. The SMILES string of the molecule is CC(C)(C)C1=CC(C(C)(C)C)CC(n2nc3ccc(O)cc3n2)=C1O. The Morgan fingerprint density at radius 3 is 2.24 bits per heavy atom. The normalized spacial score (nSPS) is 19.4. The molecule has 1 aliphatic rings. The summed E-state index contributed by atoms with van der Waals surface area (Å²) < 4.78 is 0. The Bertz CT molecular complexity index is 876. The van der Waals surface area contributed by atoms with Gasteiger partial charge in [-0.1, -0.05) is 47.6 Å². The van der Waals surface area contributed by atoms with Crippen molar-refractivity contribution in [3.63, 3.8) is 0 Å². The lowest BCUT2D eigenvalue weighted by molar-refractivity contribution is 0.274. The van der Waals surface area contributed by atoms with Gasteiger partial charge in [0.15, 0.2) is 0 Å². The van der Waals surface area contributed by atoms with Crippen molar-refractivity contribution in [3.8, 4) is 5.75 Å². The number of allylic oxidation sites excluding steroid dienone is 3. The average Bonchev–Trinajstić information content (AvgIpc) is 2.87. The number of aliphatic hydroxyl groups excluding tert-OH is 1. The highest BCUT2D eigenvalue weighted by atomic mass is 16.3. The third kappa shape index (κ3) is 3.28. The van der Waals surface area contributed by atoms with Crippen molar-refractivity contribution in [1.29, 1.82) is 0 Å². The van der Waals surface area contributed by atoms with E-state index in [1.807, 2.05) is 0 Å². The van der Waals surface area contributed by atoms with Crippen molar-refractivity contribution < 1.29 is 10.2 Å². The maximum absolute atomic E-state index is 10.9. The standard InChI is InChI=1S/C20H27N3O2/c1-19(2,3)12-9-14(20(4,5)6)18(25)17(10-12)23-21-15-8-7-13(24)11-16(15)22-23/h7-9,11-12,24-25H,10H2,1-6H3. The highest BCUT2D eigenvalue weighted by Gasteiger charge is 2.35. The summed E-state index contributed by atoms with van der Waals surface area (Å²) in [4.78, 5) is 1.52. The largest absolute Gasteiger partial charge is 0.508 e. The van der Waals surface area contributed by atoms with Crippen LogP contribution in [0.4, 0.5) is 0 Å². The zero-order valence-corrected chi connectivity index (χ0v) is 15.8. The van der Waals surface area contributed by atoms with Crippen LogP contribution in [0.15, 0.2) is 35.6 Å². The molecular weight excluding hydrogens is 314 g/mol. The van der Waals surface area contributed by atoms with E-state index in [-0.39, 0.29) is 28.3 Å². The number of nitrogens with zero attached hydrogens (tertiary/aromatic N) is 3. The van der Waals surface area contributed by atoms with Crippen molar-refractivity contribution in [2.24, 2.45) is 16.7 Å². The average molecular weight is 341 g/mol. The molecule has 1 unspecified atom stereocenters. The Kier molecular flexibility index (Phi) is 3.93. The molecule has 1 heterocycles. The van der Waals surface area contributed by atoms with E-state index < -0.39 is 0 Å².